The van der Waals surface area contributed by atoms with Gasteiger partial charge in [0.15, 0.2) is 0 Å². The van der Waals surface area contributed by atoms with Crippen LogP contribution in [0.15, 0.2) is 24.3 Å². The van der Waals surface area contributed by atoms with Crippen molar-refractivity contribution >= 4 is 16.7 Å². The van der Waals surface area contributed by atoms with Crippen LogP contribution in [0.3, 0.4) is 0 Å². The molecule has 0 aliphatic rings. The third-order valence-corrected chi connectivity index (χ3v) is 3.93. The number of rotatable bonds is 6. The Morgan fingerprint density at radius 1 is 1.00 bits per heavy atom. The number of esters is 1. The van der Waals surface area contributed by atoms with E-state index >= 15 is 0 Å². The second kappa shape index (κ2) is 7.16. The summed E-state index contributed by atoms with van der Waals surface area (Å²) in [5, 5.41) is 2.07. The summed E-state index contributed by atoms with van der Waals surface area (Å²) in [5.41, 5.74) is 2.14. The molecule has 0 fully saturated rings. The maximum absolute atomic E-state index is 11.3. The molecule has 0 bridgehead atoms. The fraction of sp³-hybridized carbons (Fsp3) is 0.389. The molecule has 0 aromatic heterocycles. The molecule has 0 atom stereocenters. The van der Waals surface area contributed by atoms with Crippen LogP contribution in [0.1, 0.15) is 24.0 Å². The van der Waals surface area contributed by atoms with Crippen molar-refractivity contribution in [3.05, 3.63) is 35.4 Å². The Morgan fingerprint density at radius 3 is 2.14 bits per heavy atom. The van der Waals surface area contributed by atoms with Crippen LogP contribution in [-0.2, 0) is 16.0 Å². The van der Waals surface area contributed by atoms with Crippen molar-refractivity contribution in [3.63, 3.8) is 0 Å². The molecule has 0 radical (unpaired) electrons. The highest BCUT2D eigenvalue weighted by molar-refractivity contribution is 5.96. The zero-order chi connectivity index (χ0) is 16.1. The molecule has 2 aromatic rings. The van der Waals surface area contributed by atoms with Gasteiger partial charge in [-0.1, -0.05) is 24.3 Å². The zero-order valence-corrected chi connectivity index (χ0v) is 13.6. The number of fused-ring (bicyclic) bond motifs is 1. The quantitative estimate of drug-likeness (QED) is 0.764. The number of benzene rings is 2. The van der Waals surface area contributed by atoms with Crippen molar-refractivity contribution < 1.29 is 19.0 Å². The average molecular weight is 302 g/mol. The summed E-state index contributed by atoms with van der Waals surface area (Å²) < 4.78 is 15.9. The normalized spacial score (nSPS) is 10.5. The van der Waals surface area contributed by atoms with Gasteiger partial charge in [0.25, 0.3) is 0 Å². The van der Waals surface area contributed by atoms with Crippen molar-refractivity contribution in [2.24, 2.45) is 0 Å². The van der Waals surface area contributed by atoms with Crippen LogP contribution in [0.4, 0.5) is 0 Å². The highest BCUT2D eigenvalue weighted by Crippen LogP contribution is 2.40. The van der Waals surface area contributed by atoms with Gasteiger partial charge in [-0.3, -0.25) is 4.79 Å². The van der Waals surface area contributed by atoms with E-state index in [2.05, 4.69) is 0 Å². The minimum Gasteiger partial charge on any atom is -0.496 e. The lowest BCUT2D eigenvalue weighted by molar-refractivity contribution is -0.140. The van der Waals surface area contributed by atoms with Crippen LogP contribution in [0, 0.1) is 6.92 Å². The smallest absolute Gasteiger partial charge is 0.305 e. The van der Waals surface area contributed by atoms with Crippen LogP contribution in [0.2, 0.25) is 0 Å². The summed E-state index contributed by atoms with van der Waals surface area (Å²) >= 11 is 0. The van der Waals surface area contributed by atoms with Gasteiger partial charge in [0.1, 0.15) is 11.5 Å². The lowest BCUT2D eigenvalue weighted by atomic mass is 9.95. The molecule has 0 unspecified atom stereocenters. The van der Waals surface area contributed by atoms with Crippen molar-refractivity contribution in [2.75, 3.05) is 21.3 Å². The molecular formula is C18H22O4. The first kappa shape index (κ1) is 16.1. The molecule has 0 saturated carbocycles. The Hall–Kier alpha value is -2.23. The molecule has 2 aromatic carbocycles. The van der Waals surface area contributed by atoms with Crippen LogP contribution >= 0.6 is 0 Å². The summed E-state index contributed by atoms with van der Waals surface area (Å²) in [4.78, 5) is 11.3. The van der Waals surface area contributed by atoms with E-state index in [1.165, 1.54) is 7.11 Å². The molecule has 0 saturated heterocycles. The number of carbonyl (C=O) groups is 1. The number of hydrogen-bond donors (Lipinski definition) is 0. The van der Waals surface area contributed by atoms with E-state index in [-0.39, 0.29) is 5.97 Å². The number of carbonyl (C=O) groups excluding carboxylic acids is 1. The Morgan fingerprint density at radius 2 is 1.59 bits per heavy atom. The van der Waals surface area contributed by atoms with Gasteiger partial charge in [-0.15, -0.1) is 0 Å². The number of methoxy groups -OCH3 is 3. The maximum Gasteiger partial charge on any atom is 0.305 e. The summed E-state index contributed by atoms with van der Waals surface area (Å²) in [6.07, 6.45) is 1.85. The fourth-order valence-corrected chi connectivity index (χ4v) is 2.86. The first-order valence-electron chi connectivity index (χ1n) is 7.33. The Labute approximate surface area is 131 Å². The highest BCUT2D eigenvalue weighted by Gasteiger charge is 2.18. The van der Waals surface area contributed by atoms with Gasteiger partial charge in [0.2, 0.25) is 0 Å². The molecule has 2 rings (SSSR count). The Balaban J connectivity index is 2.47. The second-order valence-corrected chi connectivity index (χ2v) is 5.15. The van der Waals surface area contributed by atoms with Crippen molar-refractivity contribution in [1.82, 2.24) is 0 Å². The van der Waals surface area contributed by atoms with E-state index in [0.29, 0.717) is 12.8 Å². The van der Waals surface area contributed by atoms with E-state index in [1.54, 1.807) is 14.2 Å². The van der Waals surface area contributed by atoms with Gasteiger partial charge in [-0.25, -0.2) is 0 Å². The number of hydrogen-bond acceptors (Lipinski definition) is 4. The van der Waals surface area contributed by atoms with Crippen molar-refractivity contribution in [3.8, 4) is 11.5 Å². The van der Waals surface area contributed by atoms with Gasteiger partial charge in [-0.05, 0) is 25.3 Å². The lowest BCUT2D eigenvalue weighted by Crippen LogP contribution is -2.04. The predicted octanol–water partition coefficient (Wildman–Crippen LogP) is 3.66. The molecule has 0 amide bonds. The molecule has 4 heteroatoms. The lowest BCUT2D eigenvalue weighted by Gasteiger charge is -2.18. The summed E-state index contributed by atoms with van der Waals surface area (Å²) in [6, 6.07) is 8.03. The molecule has 0 spiro atoms. The SMILES string of the molecule is COC(=O)CCCc1c(C)c(OC)c2ccccc2c1OC. The molecular weight excluding hydrogens is 280 g/mol. The van der Waals surface area contributed by atoms with E-state index in [4.69, 9.17) is 14.2 Å². The monoisotopic (exact) mass is 302 g/mol. The summed E-state index contributed by atoms with van der Waals surface area (Å²) in [7, 11) is 4.77. The van der Waals surface area contributed by atoms with Crippen molar-refractivity contribution in [1.29, 1.82) is 0 Å². The van der Waals surface area contributed by atoms with E-state index < -0.39 is 0 Å². The van der Waals surface area contributed by atoms with E-state index in [0.717, 1.165) is 39.8 Å². The molecule has 0 aliphatic heterocycles. The summed E-state index contributed by atoms with van der Waals surface area (Å²) in [6.45, 7) is 2.03. The first-order chi connectivity index (χ1) is 10.6. The van der Waals surface area contributed by atoms with Crippen LogP contribution in [-0.4, -0.2) is 27.3 Å². The Bertz CT molecular complexity index is 676. The second-order valence-electron chi connectivity index (χ2n) is 5.15. The third-order valence-electron chi connectivity index (χ3n) is 3.93. The molecule has 22 heavy (non-hydrogen) atoms. The average Bonchev–Trinajstić information content (AvgIpc) is 2.55. The molecule has 0 heterocycles. The van der Waals surface area contributed by atoms with Crippen molar-refractivity contribution in [2.45, 2.75) is 26.2 Å². The topological polar surface area (TPSA) is 44.8 Å². The minimum absolute atomic E-state index is 0.190. The molecule has 0 N–H and O–H groups in total. The largest absolute Gasteiger partial charge is 0.496 e. The van der Waals surface area contributed by atoms with Crippen LogP contribution in [0.25, 0.3) is 10.8 Å². The van der Waals surface area contributed by atoms with Gasteiger partial charge in [-0.2, -0.15) is 0 Å². The van der Waals surface area contributed by atoms with Gasteiger partial charge in [0.05, 0.1) is 21.3 Å². The van der Waals surface area contributed by atoms with Crippen LogP contribution in [0.5, 0.6) is 11.5 Å². The molecule has 4 nitrogen and oxygen atoms in total. The fourth-order valence-electron chi connectivity index (χ4n) is 2.86. The minimum atomic E-state index is -0.190. The Kier molecular flexibility index (Phi) is 5.26. The summed E-state index contributed by atoms with van der Waals surface area (Å²) in [5.74, 6) is 1.53. The predicted molar refractivity (Wildman–Crippen MR) is 86.7 cm³/mol. The maximum atomic E-state index is 11.3. The van der Waals surface area contributed by atoms with Gasteiger partial charge < -0.3 is 14.2 Å². The highest BCUT2D eigenvalue weighted by atomic mass is 16.5. The first-order valence-corrected chi connectivity index (χ1v) is 7.33. The zero-order valence-electron chi connectivity index (χ0n) is 13.6. The molecule has 0 aliphatic carbocycles. The van der Waals surface area contributed by atoms with Gasteiger partial charge in [0, 0.05) is 22.8 Å². The van der Waals surface area contributed by atoms with Crippen LogP contribution < -0.4 is 9.47 Å². The third kappa shape index (κ3) is 3.01. The van der Waals surface area contributed by atoms with Gasteiger partial charge >= 0.3 is 5.97 Å². The van der Waals surface area contributed by atoms with E-state index in [9.17, 15) is 4.79 Å². The molecule has 118 valence electrons. The standard InChI is InChI=1S/C18H22O4/c1-12-13(10-7-11-16(19)20-2)18(22-4)15-9-6-5-8-14(15)17(12)21-3/h5-6,8-9H,7,10-11H2,1-4H3. The number of ether oxygens (including phenoxy) is 3. The van der Waals surface area contributed by atoms with E-state index in [1.807, 2.05) is 31.2 Å².